The number of carbonyl (C=O) groups excluding carboxylic acids is 3. The Hall–Kier alpha value is -2.49. The number of hydrogen-bond donors (Lipinski definition) is 0. The fraction of sp³-hybridized carbons (Fsp3) is 0.852. The van der Waals surface area contributed by atoms with Gasteiger partial charge in [-0.2, -0.15) is 0 Å². The second kappa shape index (κ2) is 52.8. The van der Waals surface area contributed by atoms with Crippen molar-refractivity contribution in [1.82, 2.24) is 0 Å². The van der Waals surface area contributed by atoms with Crippen LogP contribution in [0.2, 0.25) is 0 Å². The van der Waals surface area contributed by atoms with Crippen molar-refractivity contribution < 1.29 is 42.9 Å². The molecule has 70 heavy (non-hydrogen) atoms. The molecule has 0 heterocycles. The largest absolute Gasteiger partial charge is 0.545 e. The van der Waals surface area contributed by atoms with Crippen LogP contribution in [0.25, 0.3) is 0 Å². The highest BCUT2D eigenvalue weighted by Crippen LogP contribution is 2.17. The number of rotatable bonds is 55. The SMILES string of the molecule is CCCCC/C=C\C/C=C\C/C=C\CCCCCCCCC(=O)OC(COC(=O)CCCCCCCCCCCCCCCCCCCCCCCCCCCC)COC(OCC[N+](C)(C)C)C(=O)[O-]. The topological polar surface area (TPSA) is 111 Å². The van der Waals surface area contributed by atoms with E-state index in [1.807, 2.05) is 21.1 Å². The number of esters is 2. The van der Waals surface area contributed by atoms with Crippen LogP contribution in [0, 0.1) is 0 Å². The van der Waals surface area contributed by atoms with Gasteiger partial charge < -0.3 is 33.3 Å². The van der Waals surface area contributed by atoms with E-state index in [0.29, 0.717) is 23.9 Å². The quantitative estimate of drug-likeness (QED) is 0.0195. The predicted molar refractivity (Wildman–Crippen MR) is 293 cm³/mol. The number of unbranched alkanes of at least 4 members (excludes halogenated alkanes) is 34. The van der Waals surface area contributed by atoms with Gasteiger partial charge in [-0.15, -0.1) is 0 Å². The van der Waals surface area contributed by atoms with Gasteiger partial charge in [0.2, 0.25) is 0 Å². The van der Waals surface area contributed by atoms with Gasteiger partial charge in [-0.05, 0) is 51.4 Å². The molecular weight excluding hydrogens is 875 g/mol. The normalized spacial score (nSPS) is 13.0. The van der Waals surface area contributed by atoms with E-state index in [9.17, 15) is 19.5 Å². The lowest BCUT2D eigenvalue weighted by Gasteiger charge is -2.26. The summed E-state index contributed by atoms with van der Waals surface area (Å²) in [6, 6.07) is 0. The van der Waals surface area contributed by atoms with Gasteiger partial charge in [0.1, 0.15) is 13.2 Å². The van der Waals surface area contributed by atoms with Gasteiger partial charge in [-0.25, -0.2) is 0 Å². The average molecular weight is 989 g/mol. The smallest absolute Gasteiger partial charge is 0.306 e. The van der Waals surface area contributed by atoms with Crippen molar-refractivity contribution in [2.75, 3.05) is 47.5 Å². The summed E-state index contributed by atoms with van der Waals surface area (Å²) in [7, 11) is 5.92. The first kappa shape index (κ1) is 67.5. The number of likely N-dealkylation sites (N-methyl/N-ethyl adjacent to an activating group) is 1. The number of hydrogen-bond acceptors (Lipinski definition) is 8. The Kier molecular flexibility index (Phi) is 50.9. The van der Waals surface area contributed by atoms with E-state index in [4.69, 9.17) is 18.9 Å². The molecule has 0 bridgehead atoms. The number of ether oxygens (including phenoxy) is 4. The number of carboxylic acids is 1. The molecule has 0 aromatic rings. The van der Waals surface area contributed by atoms with Crippen LogP contribution >= 0.6 is 0 Å². The summed E-state index contributed by atoms with van der Waals surface area (Å²) >= 11 is 0. The molecule has 0 aliphatic carbocycles. The summed E-state index contributed by atoms with van der Waals surface area (Å²) in [5, 5.41) is 11.8. The molecule has 0 aliphatic heterocycles. The molecule has 0 radical (unpaired) electrons. The predicted octanol–water partition coefficient (Wildman–Crippen LogP) is 16.0. The summed E-state index contributed by atoms with van der Waals surface area (Å²) in [6.07, 6.45) is 60.5. The third-order valence-electron chi connectivity index (χ3n) is 13.1. The molecule has 410 valence electrons. The highest BCUT2D eigenvalue weighted by Gasteiger charge is 2.22. The molecule has 2 unspecified atom stereocenters. The lowest BCUT2D eigenvalue weighted by atomic mass is 10.0. The van der Waals surface area contributed by atoms with Crippen LogP contribution < -0.4 is 5.11 Å². The monoisotopic (exact) mass is 988 g/mol. The van der Waals surface area contributed by atoms with Gasteiger partial charge in [-0.3, -0.25) is 9.59 Å². The number of quaternary nitrogens is 1. The lowest BCUT2D eigenvalue weighted by Crippen LogP contribution is -2.44. The third kappa shape index (κ3) is 53.3. The zero-order valence-corrected chi connectivity index (χ0v) is 46.7. The van der Waals surface area contributed by atoms with Crippen LogP contribution in [0.1, 0.15) is 277 Å². The van der Waals surface area contributed by atoms with E-state index in [1.165, 1.54) is 173 Å². The minimum Gasteiger partial charge on any atom is -0.545 e. The Morgan fingerprint density at radius 1 is 0.429 bits per heavy atom. The molecule has 9 nitrogen and oxygen atoms in total. The minimum absolute atomic E-state index is 0.146. The van der Waals surface area contributed by atoms with E-state index in [1.54, 1.807) is 0 Å². The summed E-state index contributed by atoms with van der Waals surface area (Å²) in [5.41, 5.74) is 0. The Morgan fingerprint density at radius 2 is 0.771 bits per heavy atom. The van der Waals surface area contributed by atoms with Gasteiger partial charge in [0.15, 0.2) is 12.4 Å². The van der Waals surface area contributed by atoms with E-state index in [2.05, 4.69) is 50.3 Å². The maximum atomic E-state index is 12.8. The van der Waals surface area contributed by atoms with Gasteiger partial charge in [-0.1, -0.05) is 249 Å². The standard InChI is InChI=1S/C61H113NO8/c1-6-8-10-12-14-16-18-20-22-24-26-27-28-29-30-31-32-34-35-37-39-41-43-45-47-49-51-58(63)68-55-57(56-69-61(60(65)66)67-54-53-62(3,4)5)70-59(64)52-50-48-46-44-42-40-38-36-33-25-23-21-19-17-15-13-11-9-7-2/h15,17,21,23,33,36,57,61H,6-14,16,18-20,22,24-32,34-35,37-56H2,1-5H3/b17-15-,23-21-,36-33-. The molecule has 0 N–H and O–H groups in total. The molecule has 0 fully saturated rings. The van der Waals surface area contributed by atoms with Crippen LogP contribution in [0.3, 0.4) is 0 Å². The molecule has 9 heteroatoms. The maximum absolute atomic E-state index is 12.8. The number of aliphatic carboxylic acids is 1. The van der Waals surface area contributed by atoms with E-state index in [-0.39, 0.29) is 32.2 Å². The second-order valence-electron chi connectivity index (χ2n) is 21.3. The van der Waals surface area contributed by atoms with Crippen molar-refractivity contribution in [2.45, 2.75) is 289 Å². The summed E-state index contributed by atoms with van der Waals surface area (Å²) in [6.45, 7) is 4.74. The zero-order valence-electron chi connectivity index (χ0n) is 46.7. The maximum Gasteiger partial charge on any atom is 0.306 e. The van der Waals surface area contributed by atoms with Crippen LogP contribution in [-0.2, 0) is 33.3 Å². The van der Waals surface area contributed by atoms with Gasteiger partial charge >= 0.3 is 11.9 Å². The molecule has 0 amide bonds. The second-order valence-corrected chi connectivity index (χ2v) is 21.3. The molecular formula is C61H113NO8. The fourth-order valence-electron chi connectivity index (χ4n) is 8.55. The van der Waals surface area contributed by atoms with Crippen LogP contribution in [-0.4, -0.2) is 82.3 Å². The molecule has 0 rings (SSSR count). The van der Waals surface area contributed by atoms with Crippen molar-refractivity contribution in [3.63, 3.8) is 0 Å². The molecule has 0 aliphatic rings. The van der Waals surface area contributed by atoms with Crippen LogP contribution in [0.5, 0.6) is 0 Å². The molecule has 0 spiro atoms. The minimum atomic E-state index is -1.62. The van der Waals surface area contributed by atoms with Crippen LogP contribution in [0.15, 0.2) is 36.5 Å². The van der Waals surface area contributed by atoms with Crippen molar-refractivity contribution in [3.05, 3.63) is 36.5 Å². The fourth-order valence-corrected chi connectivity index (χ4v) is 8.55. The van der Waals surface area contributed by atoms with Crippen molar-refractivity contribution in [3.8, 4) is 0 Å². The highest BCUT2D eigenvalue weighted by molar-refractivity contribution is 5.70. The lowest BCUT2D eigenvalue weighted by molar-refractivity contribution is -0.870. The summed E-state index contributed by atoms with van der Waals surface area (Å²) in [5.74, 6) is -2.28. The first-order valence-electron chi connectivity index (χ1n) is 29.6. The average Bonchev–Trinajstić information content (AvgIpc) is 3.33. The number of carboxylic acid groups (broad SMARTS) is 1. The molecule has 0 aromatic carbocycles. The Labute approximate surface area is 432 Å². The number of carbonyl (C=O) groups is 3. The molecule has 0 saturated heterocycles. The summed E-state index contributed by atoms with van der Waals surface area (Å²) < 4.78 is 22.7. The Morgan fingerprint density at radius 3 is 1.17 bits per heavy atom. The van der Waals surface area contributed by atoms with Gasteiger partial charge in [0, 0.05) is 12.8 Å². The van der Waals surface area contributed by atoms with Crippen molar-refractivity contribution in [2.24, 2.45) is 0 Å². The first-order chi connectivity index (χ1) is 34.1. The van der Waals surface area contributed by atoms with E-state index in [0.717, 1.165) is 70.6 Å². The molecule has 0 saturated carbocycles. The Balaban J connectivity index is 4.19. The highest BCUT2D eigenvalue weighted by atomic mass is 16.7. The van der Waals surface area contributed by atoms with E-state index < -0.39 is 24.3 Å². The third-order valence-corrected chi connectivity index (χ3v) is 13.1. The van der Waals surface area contributed by atoms with Crippen molar-refractivity contribution in [1.29, 1.82) is 0 Å². The van der Waals surface area contributed by atoms with Crippen LogP contribution in [0.4, 0.5) is 0 Å². The number of allylic oxidation sites excluding steroid dienone is 6. The molecule has 2 atom stereocenters. The molecule has 0 aromatic heterocycles. The Bertz CT molecular complexity index is 1240. The summed E-state index contributed by atoms with van der Waals surface area (Å²) in [4.78, 5) is 37.3. The van der Waals surface area contributed by atoms with E-state index >= 15 is 0 Å². The van der Waals surface area contributed by atoms with Gasteiger partial charge in [0.05, 0.1) is 40.3 Å². The zero-order chi connectivity index (χ0) is 51.3. The number of nitrogens with zero attached hydrogens (tertiary/aromatic N) is 1. The van der Waals surface area contributed by atoms with Crippen molar-refractivity contribution >= 4 is 17.9 Å². The first-order valence-corrected chi connectivity index (χ1v) is 29.6. The van der Waals surface area contributed by atoms with Gasteiger partial charge in [0.25, 0.3) is 0 Å².